The minimum atomic E-state index is -0.815. The van der Waals surface area contributed by atoms with E-state index < -0.39 is 11.9 Å². The lowest BCUT2D eigenvalue weighted by molar-refractivity contribution is -0.141. The maximum atomic E-state index is 10.7. The van der Waals surface area contributed by atoms with Crippen molar-refractivity contribution < 1.29 is 9.90 Å². The van der Waals surface area contributed by atoms with Gasteiger partial charge in [-0.25, -0.2) is 0 Å². The molecule has 4 heteroatoms. The summed E-state index contributed by atoms with van der Waals surface area (Å²) < 4.78 is 0. The molecule has 0 saturated carbocycles. The second-order valence-corrected chi connectivity index (χ2v) is 3.79. The number of hydrogen-bond acceptors (Lipinski definition) is 2. The van der Waals surface area contributed by atoms with Crippen molar-refractivity contribution in [3.8, 4) is 0 Å². The molecule has 0 aromatic rings. The van der Waals surface area contributed by atoms with Crippen LogP contribution in [0.2, 0.25) is 0 Å². The van der Waals surface area contributed by atoms with Crippen LogP contribution in [-0.2, 0) is 4.79 Å². The van der Waals surface area contributed by atoms with Crippen molar-refractivity contribution in [1.82, 2.24) is 0 Å². The summed E-state index contributed by atoms with van der Waals surface area (Å²) in [5.41, 5.74) is 7.06. The number of hydrogen-bond donors (Lipinski definition) is 2. The van der Waals surface area contributed by atoms with E-state index in [0.29, 0.717) is 6.42 Å². The van der Waals surface area contributed by atoms with Gasteiger partial charge in [0.05, 0.1) is 5.92 Å². The Morgan fingerprint density at radius 1 is 1.67 bits per heavy atom. The summed E-state index contributed by atoms with van der Waals surface area (Å²) in [5.74, 6) is -1.29. The normalized spacial score (nSPS) is 18.7. The predicted octanol–water partition coefficient (Wildman–Crippen LogP) is 2.12. The Kier molecular flexibility index (Phi) is 6.29. The van der Waals surface area contributed by atoms with Gasteiger partial charge in [0.15, 0.2) is 0 Å². The Labute approximate surface area is 96.5 Å². The van der Waals surface area contributed by atoms with Crippen molar-refractivity contribution in [2.24, 2.45) is 11.7 Å². The van der Waals surface area contributed by atoms with Crippen LogP contribution in [-0.4, -0.2) is 17.1 Å². The van der Waals surface area contributed by atoms with Gasteiger partial charge in [-0.15, -0.1) is 12.4 Å². The first-order valence-corrected chi connectivity index (χ1v) is 4.94. The molecule has 3 nitrogen and oxygen atoms in total. The van der Waals surface area contributed by atoms with Crippen LogP contribution in [0.25, 0.3) is 0 Å². The highest BCUT2D eigenvalue weighted by Crippen LogP contribution is 2.19. The first-order valence-electron chi connectivity index (χ1n) is 4.94. The van der Waals surface area contributed by atoms with E-state index in [1.54, 1.807) is 6.92 Å². The van der Waals surface area contributed by atoms with Gasteiger partial charge in [-0.3, -0.25) is 4.79 Å². The van der Waals surface area contributed by atoms with Gasteiger partial charge in [0.25, 0.3) is 0 Å². The van der Waals surface area contributed by atoms with Gasteiger partial charge >= 0.3 is 5.97 Å². The Morgan fingerprint density at radius 3 is 2.80 bits per heavy atom. The fourth-order valence-electron chi connectivity index (χ4n) is 1.49. The molecule has 2 atom stereocenters. The van der Waals surface area contributed by atoms with Gasteiger partial charge in [-0.1, -0.05) is 30.7 Å². The van der Waals surface area contributed by atoms with Crippen LogP contribution in [0.3, 0.4) is 0 Å². The zero-order valence-electron chi connectivity index (χ0n) is 8.85. The van der Waals surface area contributed by atoms with Crippen LogP contribution in [0, 0.1) is 5.92 Å². The smallest absolute Gasteiger partial charge is 0.307 e. The summed E-state index contributed by atoms with van der Waals surface area (Å²) in [6, 6.07) is -0.273. The van der Waals surface area contributed by atoms with Gasteiger partial charge < -0.3 is 10.8 Å². The van der Waals surface area contributed by atoms with Crippen LogP contribution in [0.15, 0.2) is 23.8 Å². The zero-order valence-corrected chi connectivity index (χ0v) is 9.67. The SMILES string of the molecule is C[C@H](C(=O)O)[C@@H](N)CC1=CC=CCC1.Cl. The Bertz CT molecular complexity index is 274. The highest BCUT2D eigenvalue weighted by molar-refractivity contribution is 5.85. The van der Waals surface area contributed by atoms with E-state index >= 15 is 0 Å². The van der Waals surface area contributed by atoms with E-state index in [9.17, 15) is 4.79 Å². The van der Waals surface area contributed by atoms with Gasteiger partial charge in [0, 0.05) is 6.04 Å². The first-order chi connectivity index (χ1) is 6.61. The number of nitrogens with two attached hydrogens (primary N) is 1. The maximum absolute atomic E-state index is 10.7. The van der Waals surface area contributed by atoms with E-state index in [1.807, 2.05) is 12.2 Å². The number of aliphatic carboxylic acids is 1. The monoisotopic (exact) mass is 231 g/mol. The molecule has 0 radical (unpaired) electrons. The standard InChI is InChI=1S/C11H17NO2.ClH/c1-8(11(13)14)10(12)7-9-5-3-2-4-6-9;/h2-3,5,8,10H,4,6-7,12H2,1H3,(H,13,14);1H/t8-,10-;/m0./s1. The van der Waals surface area contributed by atoms with Gasteiger partial charge in [-0.05, 0) is 19.3 Å². The molecule has 0 unspecified atom stereocenters. The van der Waals surface area contributed by atoms with Crippen molar-refractivity contribution in [3.05, 3.63) is 23.8 Å². The molecule has 0 bridgehead atoms. The largest absolute Gasteiger partial charge is 0.481 e. The summed E-state index contributed by atoms with van der Waals surface area (Å²) in [7, 11) is 0. The Balaban J connectivity index is 0.00000196. The number of carboxylic acids is 1. The number of halogens is 1. The lowest BCUT2D eigenvalue weighted by Gasteiger charge is -2.18. The molecule has 1 aliphatic carbocycles. The third kappa shape index (κ3) is 4.49. The summed E-state index contributed by atoms with van der Waals surface area (Å²) in [6.45, 7) is 1.66. The molecule has 15 heavy (non-hydrogen) atoms. The molecule has 0 aromatic heterocycles. The topological polar surface area (TPSA) is 63.3 Å². The molecule has 0 spiro atoms. The third-order valence-electron chi connectivity index (χ3n) is 2.63. The van der Waals surface area contributed by atoms with E-state index in [4.69, 9.17) is 10.8 Å². The molecule has 1 rings (SSSR count). The molecule has 86 valence electrons. The Morgan fingerprint density at radius 2 is 2.33 bits per heavy atom. The number of allylic oxidation sites excluding steroid dienone is 3. The van der Waals surface area contributed by atoms with Crippen molar-refractivity contribution in [2.45, 2.75) is 32.2 Å². The summed E-state index contributed by atoms with van der Waals surface area (Å²) in [6.07, 6.45) is 8.90. The zero-order chi connectivity index (χ0) is 10.6. The summed E-state index contributed by atoms with van der Waals surface area (Å²) in [4.78, 5) is 10.7. The molecule has 0 aromatic carbocycles. The molecule has 0 aliphatic heterocycles. The Hall–Kier alpha value is -0.800. The maximum Gasteiger partial charge on any atom is 0.307 e. The van der Waals surface area contributed by atoms with Crippen LogP contribution < -0.4 is 5.73 Å². The molecule has 1 aliphatic rings. The van der Waals surface area contributed by atoms with Crippen molar-refractivity contribution in [1.29, 1.82) is 0 Å². The average molecular weight is 232 g/mol. The lowest BCUT2D eigenvalue weighted by Crippen LogP contribution is -2.33. The summed E-state index contributed by atoms with van der Waals surface area (Å²) in [5, 5.41) is 8.77. The van der Waals surface area contributed by atoms with E-state index in [0.717, 1.165) is 12.8 Å². The minimum absolute atomic E-state index is 0. The number of carbonyl (C=O) groups is 1. The highest BCUT2D eigenvalue weighted by Gasteiger charge is 2.20. The molecule has 0 amide bonds. The van der Waals surface area contributed by atoms with Crippen LogP contribution >= 0.6 is 12.4 Å². The van der Waals surface area contributed by atoms with Crippen LogP contribution in [0.4, 0.5) is 0 Å². The van der Waals surface area contributed by atoms with Crippen molar-refractivity contribution in [2.75, 3.05) is 0 Å². The molecule has 3 N–H and O–H groups in total. The third-order valence-corrected chi connectivity index (χ3v) is 2.63. The molecule has 0 heterocycles. The number of rotatable bonds is 4. The molecular weight excluding hydrogens is 214 g/mol. The second-order valence-electron chi connectivity index (χ2n) is 3.79. The van der Waals surface area contributed by atoms with Gasteiger partial charge in [0.1, 0.15) is 0 Å². The van der Waals surface area contributed by atoms with E-state index in [1.165, 1.54) is 5.57 Å². The average Bonchev–Trinajstić information content (AvgIpc) is 2.18. The molecule has 0 fully saturated rings. The van der Waals surface area contributed by atoms with Crippen molar-refractivity contribution >= 4 is 18.4 Å². The lowest BCUT2D eigenvalue weighted by atomic mass is 9.92. The quantitative estimate of drug-likeness (QED) is 0.779. The summed E-state index contributed by atoms with van der Waals surface area (Å²) >= 11 is 0. The van der Waals surface area contributed by atoms with Crippen LogP contribution in [0.1, 0.15) is 26.2 Å². The predicted molar refractivity (Wildman–Crippen MR) is 63.1 cm³/mol. The minimum Gasteiger partial charge on any atom is -0.481 e. The second kappa shape index (κ2) is 6.64. The fraction of sp³-hybridized carbons (Fsp3) is 0.545. The van der Waals surface area contributed by atoms with Gasteiger partial charge in [0.2, 0.25) is 0 Å². The molecule has 0 saturated heterocycles. The van der Waals surface area contributed by atoms with Gasteiger partial charge in [-0.2, -0.15) is 0 Å². The van der Waals surface area contributed by atoms with Crippen LogP contribution in [0.5, 0.6) is 0 Å². The molecular formula is C11H18ClNO2. The number of carboxylic acid groups (broad SMARTS) is 1. The fourth-order valence-corrected chi connectivity index (χ4v) is 1.49. The van der Waals surface area contributed by atoms with Crippen molar-refractivity contribution in [3.63, 3.8) is 0 Å². The van der Waals surface area contributed by atoms with E-state index in [2.05, 4.69) is 6.08 Å². The first kappa shape index (κ1) is 14.2. The highest BCUT2D eigenvalue weighted by atomic mass is 35.5. The van der Waals surface area contributed by atoms with E-state index in [-0.39, 0.29) is 18.4 Å².